The number of halogens is 1. The Labute approximate surface area is 293 Å². The van der Waals surface area contributed by atoms with E-state index in [1.807, 2.05) is 87.6 Å². The second-order valence-corrected chi connectivity index (χ2v) is 11.6. The largest absolute Gasteiger partial charge is 1.00 e. The predicted molar refractivity (Wildman–Crippen MR) is 177 cm³/mol. The lowest BCUT2D eigenvalue weighted by molar-refractivity contribution is -0.727. The average Bonchev–Trinajstić information content (AvgIpc) is 3.07. The zero-order valence-electron chi connectivity index (χ0n) is 27.3. The molecule has 1 amide bonds. The Morgan fingerprint density at radius 1 is 1.04 bits per heavy atom. The predicted octanol–water partition coefficient (Wildman–Crippen LogP) is 2.40. The molecule has 1 saturated heterocycles. The van der Waals surface area contributed by atoms with Gasteiger partial charge in [0.2, 0.25) is 5.95 Å². The summed E-state index contributed by atoms with van der Waals surface area (Å²) in [4.78, 5) is 38.9. The highest BCUT2D eigenvalue weighted by molar-refractivity contribution is 6.04. The molecule has 47 heavy (non-hydrogen) atoms. The summed E-state index contributed by atoms with van der Waals surface area (Å²) in [5, 5.41) is 6.30. The number of anilines is 3. The smallest absolute Gasteiger partial charge is 0.513 e. The summed E-state index contributed by atoms with van der Waals surface area (Å²) in [7, 11) is 2.15. The SMILES string of the molecule is CCC(C)OC(=O)OC[n+]1cccc(-c2ccnc(Nc3cc(NC(=O)c4ccc(CN5CCN(C)CC5)cc4)ccc3C)n2)c1.[I-]. The number of benzene rings is 2. The Morgan fingerprint density at radius 2 is 1.81 bits per heavy atom. The number of carbonyl (C=O) groups excluding carboxylic acids is 2. The van der Waals surface area contributed by atoms with Gasteiger partial charge in [0.1, 0.15) is 6.10 Å². The number of piperazine rings is 1. The van der Waals surface area contributed by atoms with Crippen LogP contribution in [0, 0.1) is 6.92 Å². The van der Waals surface area contributed by atoms with E-state index in [2.05, 4.69) is 32.5 Å². The van der Waals surface area contributed by atoms with Crippen LogP contribution in [0.5, 0.6) is 0 Å². The van der Waals surface area contributed by atoms with Gasteiger partial charge in [0.05, 0.1) is 11.3 Å². The van der Waals surface area contributed by atoms with Crippen LogP contribution in [0.2, 0.25) is 0 Å². The fourth-order valence-corrected chi connectivity index (χ4v) is 4.93. The number of pyridine rings is 1. The summed E-state index contributed by atoms with van der Waals surface area (Å²) < 4.78 is 12.1. The molecule has 3 heterocycles. The minimum Gasteiger partial charge on any atom is -1.00 e. The molecule has 1 aliphatic rings. The molecule has 248 valence electrons. The topological polar surface area (TPSA) is 113 Å². The van der Waals surface area contributed by atoms with E-state index in [1.165, 1.54) is 5.56 Å². The Bertz CT molecular complexity index is 1650. The molecular weight excluding hydrogens is 709 g/mol. The van der Waals surface area contributed by atoms with Gasteiger partial charge in [-0.15, -0.1) is 0 Å². The van der Waals surface area contributed by atoms with Crippen molar-refractivity contribution >= 4 is 29.4 Å². The second kappa shape index (κ2) is 17.1. The Hall–Kier alpha value is -4.14. The van der Waals surface area contributed by atoms with Crippen LogP contribution in [0.4, 0.5) is 22.1 Å². The number of hydrogen-bond donors (Lipinski definition) is 2. The highest BCUT2D eigenvalue weighted by Gasteiger charge is 2.16. The van der Waals surface area contributed by atoms with E-state index < -0.39 is 6.16 Å². The molecule has 4 aromatic rings. The van der Waals surface area contributed by atoms with Crippen molar-refractivity contribution in [3.05, 3.63) is 95.9 Å². The first-order chi connectivity index (χ1) is 22.2. The molecule has 0 bridgehead atoms. The minimum atomic E-state index is -0.704. The van der Waals surface area contributed by atoms with E-state index in [-0.39, 0.29) is 42.7 Å². The van der Waals surface area contributed by atoms with Gasteiger partial charge in [0.25, 0.3) is 12.6 Å². The van der Waals surface area contributed by atoms with E-state index in [0.717, 1.165) is 49.5 Å². The van der Waals surface area contributed by atoms with Crippen LogP contribution in [0.15, 0.2) is 79.3 Å². The number of aryl methyl sites for hydroxylation is 1. The van der Waals surface area contributed by atoms with E-state index in [4.69, 9.17) is 14.5 Å². The van der Waals surface area contributed by atoms with Crippen LogP contribution in [-0.2, 0) is 22.7 Å². The molecule has 11 nitrogen and oxygen atoms in total. The fourth-order valence-electron chi connectivity index (χ4n) is 4.93. The lowest BCUT2D eigenvalue weighted by Crippen LogP contribution is -3.00. The van der Waals surface area contributed by atoms with E-state index in [1.54, 1.807) is 17.0 Å². The van der Waals surface area contributed by atoms with E-state index >= 15 is 0 Å². The van der Waals surface area contributed by atoms with Gasteiger partial charge >= 0.3 is 6.16 Å². The molecule has 0 aliphatic carbocycles. The van der Waals surface area contributed by atoms with Crippen molar-refractivity contribution in [2.75, 3.05) is 43.9 Å². The first-order valence-corrected chi connectivity index (χ1v) is 15.6. The molecule has 5 rings (SSSR count). The summed E-state index contributed by atoms with van der Waals surface area (Å²) in [6.45, 7) is 10.9. The summed E-state index contributed by atoms with van der Waals surface area (Å²) >= 11 is 0. The molecule has 0 radical (unpaired) electrons. The first kappa shape index (κ1) is 35.7. The zero-order chi connectivity index (χ0) is 32.5. The molecule has 12 heteroatoms. The maximum absolute atomic E-state index is 13.1. The van der Waals surface area contributed by atoms with Gasteiger partial charge in [-0.2, -0.15) is 4.57 Å². The van der Waals surface area contributed by atoms with Crippen LogP contribution < -0.4 is 39.2 Å². The Morgan fingerprint density at radius 3 is 2.55 bits per heavy atom. The van der Waals surface area contributed by atoms with E-state index in [9.17, 15) is 9.59 Å². The van der Waals surface area contributed by atoms with Gasteiger partial charge in [0, 0.05) is 61.9 Å². The lowest BCUT2D eigenvalue weighted by Gasteiger charge is -2.32. The van der Waals surface area contributed by atoms with Crippen molar-refractivity contribution in [1.82, 2.24) is 19.8 Å². The molecule has 1 unspecified atom stereocenters. The minimum absolute atomic E-state index is 0. The molecule has 2 N–H and O–H groups in total. The fraction of sp³-hybridized carbons (Fsp3) is 0.343. The molecule has 0 spiro atoms. The summed E-state index contributed by atoms with van der Waals surface area (Å²) in [5.74, 6) is 0.234. The lowest BCUT2D eigenvalue weighted by atomic mass is 10.1. The quantitative estimate of drug-likeness (QED) is 0.136. The Kier molecular flexibility index (Phi) is 13.0. The van der Waals surface area contributed by atoms with Crippen LogP contribution in [0.3, 0.4) is 0 Å². The van der Waals surface area contributed by atoms with Gasteiger partial charge < -0.3 is 49.0 Å². The average molecular weight is 752 g/mol. The highest BCUT2D eigenvalue weighted by Crippen LogP contribution is 2.25. The Balaban J connectivity index is 0.00000500. The number of likely N-dealkylation sites (N-methyl/N-ethyl adjacent to an activating group) is 1. The zero-order valence-corrected chi connectivity index (χ0v) is 29.4. The molecule has 2 aromatic heterocycles. The van der Waals surface area contributed by atoms with Gasteiger partial charge in [-0.05, 0) is 74.8 Å². The van der Waals surface area contributed by atoms with Gasteiger partial charge in [-0.1, -0.05) is 25.1 Å². The highest BCUT2D eigenvalue weighted by atomic mass is 127. The summed E-state index contributed by atoms with van der Waals surface area (Å²) in [6, 6.07) is 19.1. The van der Waals surface area contributed by atoms with Crippen molar-refractivity contribution in [3.63, 3.8) is 0 Å². The summed E-state index contributed by atoms with van der Waals surface area (Å²) in [6.07, 6.45) is 5.12. The maximum atomic E-state index is 13.1. The van der Waals surface area contributed by atoms with Crippen LogP contribution in [0.1, 0.15) is 41.8 Å². The number of carbonyl (C=O) groups is 2. The van der Waals surface area contributed by atoms with Crippen molar-refractivity contribution in [2.45, 2.75) is 46.6 Å². The van der Waals surface area contributed by atoms with Gasteiger partial charge in [0.15, 0.2) is 12.4 Å². The van der Waals surface area contributed by atoms with E-state index in [0.29, 0.717) is 29.3 Å². The van der Waals surface area contributed by atoms with Crippen molar-refractivity contribution in [3.8, 4) is 11.3 Å². The molecule has 1 aliphatic heterocycles. The standard InChI is InChI=1S/C35H41N7O4.HI/c1-5-26(3)46-35(44)45-24-42-16-6-7-29(23-42)31-14-15-36-34(38-31)39-32-21-30(13-8-25(32)2)37-33(43)28-11-9-27(10-12-28)22-41-19-17-40(4)18-20-41;/h6-16,21,23,26H,5,17-20,22,24H2,1-4H3,(H-,36,37,38,39,43);1H. The molecule has 0 saturated carbocycles. The summed E-state index contributed by atoms with van der Waals surface area (Å²) in [5.41, 5.74) is 5.71. The van der Waals surface area contributed by atoms with Crippen molar-refractivity contribution in [1.29, 1.82) is 0 Å². The monoisotopic (exact) mass is 751 g/mol. The normalized spacial score (nSPS) is 14.0. The first-order valence-electron chi connectivity index (χ1n) is 15.6. The number of amides is 1. The molecule has 1 atom stereocenters. The molecule has 1 fully saturated rings. The third-order valence-corrected chi connectivity index (χ3v) is 7.97. The van der Waals surface area contributed by atoms with Crippen LogP contribution in [0.25, 0.3) is 11.3 Å². The number of hydrogen-bond acceptors (Lipinski definition) is 9. The molecule has 2 aromatic carbocycles. The number of rotatable bonds is 11. The third-order valence-electron chi connectivity index (χ3n) is 7.97. The van der Waals surface area contributed by atoms with Crippen LogP contribution >= 0.6 is 0 Å². The number of nitrogens with zero attached hydrogens (tertiary/aromatic N) is 5. The number of nitrogens with one attached hydrogen (secondary N) is 2. The maximum Gasteiger partial charge on any atom is 0.513 e. The van der Waals surface area contributed by atoms with Gasteiger partial charge in [-0.25, -0.2) is 14.8 Å². The van der Waals surface area contributed by atoms with Crippen LogP contribution in [-0.4, -0.2) is 71.2 Å². The second-order valence-electron chi connectivity index (χ2n) is 11.6. The van der Waals surface area contributed by atoms with Crippen molar-refractivity contribution in [2.24, 2.45) is 0 Å². The van der Waals surface area contributed by atoms with Gasteiger partial charge in [-0.3, -0.25) is 9.69 Å². The third kappa shape index (κ3) is 10.4. The van der Waals surface area contributed by atoms with Crippen molar-refractivity contribution < 1.29 is 47.6 Å². The number of aromatic nitrogens is 3. The number of ether oxygens (including phenoxy) is 2. The molecular formula is C35H42IN7O4.